The number of amides is 2. The molecule has 5 rings (SSSR count). The number of benzene rings is 2. The van der Waals surface area contributed by atoms with E-state index in [9.17, 15) is 26.4 Å². The van der Waals surface area contributed by atoms with Gasteiger partial charge in [0.05, 0.1) is 17.1 Å². The summed E-state index contributed by atoms with van der Waals surface area (Å²) in [4.78, 5) is 23.6. The van der Waals surface area contributed by atoms with E-state index in [4.69, 9.17) is 16.3 Å². The first-order valence-electron chi connectivity index (χ1n) is 11.5. The molecule has 2 aliphatic rings. The van der Waals surface area contributed by atoms with Gasteiger partial charge in [0.2, 0.25) is 5.88 Å². The van der Waals surface area contributed by atoms with Gasteiger partial charge in [-0.3, -0.25) is 4.90 Å². The smallest absolute Gasteiger partial charge is 0.418 e. The lowest BCUT2D eigenvalue weighted by Gasteiger charge is -2.31. The van der Waals surface area contributed by atoms with Gasteiger partial charge in [0.25, 0.3) is 0 Å². The van der Waals surface area contributed by atoms with Gasteiger partial charge in [0.1, 0.15) is 17.2 Å². The Balaban J connectivity index is 1.32. The molecule has 2 aromatic carbocycles. The average molecular weight is 568 g/mol. The predicted molar refractivity (Wildman–Crippen MR) is 136 cm³/mol. The molecule has 3 aromatic rings. The predicted octanol–water partition coefficient (Wildman–Crippen LogP) is 4.77. The highest BCUT2D eigenvalue weighted by molar-refractivity contribution is 7.91. The Morgan fingerprint density at radius 3 is 2.45 bits per heavy atom. The molecule has 2 aliphatic heterocycles. The molecule has 38 heavy (non-hydrogen) atoms. The van der Waals surface area contributed by atoms with Gasteiger partial charge >= 0.3 is 12.2 Å². The molecule has 1 aromatic heterocycles. The van der Waals surface area contributed by atoms with Gasteiger partial charge in [-0.25, -0.2) is 23.2 Å². The van der Waals surface area contributed by atoms with Crippen LogP contribution in [0.3, 0.4) is 0 Å². The summed E-state index contributed by atoms with van der Waals surface area (Å²) in [5, 5.41) is 2.78. The topological polar surface area (TPSA) is 105 Å². The number of sulfone groups is 1. The monoisotopic (exact) mass is 567 g/mol. The van der Waals surface area contributed by atoms with Gasteiger partial charge in [0, 0.05) is 42.8 Å². The molecule has 3 heterocycles. The van der Waals surface area contributed by atoms with E-state index in [-0.39, 0.29) is 47.0 Å². The van der Waals surface area contributed by atoms with Crippen LogP contribution in [-0.4, -0.2) is 55.6 Å². The minimum Gasteiger partial charge on any atom is -0.439 e. The van der Waals surface area contributed by atoms with Crippen LogP contribution in [0.4, 0.5) is 35.0 Å². The number of fused-ring (bicyclic) bond motifs is 1. The Morgan fingerprint density at radius 2 is 1.74 bits per heavy atom. The molecule has 1 N–H and O–H groups in total. The van der Waals surface area contributed by atoms with Crippen LogP contribution in [0, 0.1) is 0 Å². The first-order valence-corrected chi connectivity index (χ1v) is 13.7. The number of aromatic nitrogens is 2. The Bertz CT molecular complexity index is 1490. The van der Waals surface area contributed by atoms with E-state index in [0.29, 0.717) is 24.4 Å². The van der Waals surface area contributed by atoms with Gasteiger partial charge in [0.15, 0.2) is 9.84 Å². The number of alkyl halides is 3. The lowest BCUT2D eigenvalue weighted by Crippen LogP contribution is -2.41. The van der Waals surface area contributed by atoms with Crippen molar-refractivity contribution in [2.24, 2.45) is 0 Å². The molecule has 0 aliphatic carbocycles. The first kappa shape index (κ1) is 26.0. The molecular formula is C24H21ClF3N5O4S. The van der Waals surface area contributed by atoms with Crippen molar-refractivity contribution in [2.45, 2.75) is 12.6 Å². The summed E-state index contributed by atoms with van der Waals surface area (Å²) in [6.45, 7) is 0.270. The van der Waals surface area contributed by atoms with Gasteiger partial charge in [-0.15, -0.1) is 0 Å². The average Bonchev–Trinajstić information content (AvgIpc) is 3.27. The number of nitrogens with zero attached hydrogens (tertiary/aromatic N) is 4. The second kappa shape index (κ2) is 9.95. The van der Waals surface area contributed by atoms with Gasteiger partial charge < -0.3 is 15.0 Å². The van der Waals surface area contributed by atoms with E-state index >= 15 is 0 Å². The molecule has 0 saturated carbocycles. The molecule has 0 bridgehead atoms. The van der Waals surface area contributed by atoms with Crippen LogP contribution < -0.4 is 19.9 Å². The molecule has 0 atom stereocenters. The lowest BCUT2D eigenvalue weighted by atomic mass is 10.1. The summed E-state index contributed by atoms with van der Waals surface area (Å²) in [5.41, 5.74) is 0.351. The molecule has 200 valence electrons. The number of halogens is 4. The third-order valence-electron chi connectivity index (χ3n) is 6.26. The maximum atomic E-state index is 13.9. The normalized spacial score (nSPS) is 16.7. The summed E-state index contributed by atoms with van der Waals surface area (Å²) in [5.74, 6) is 0.317. The van der Waals surface area contributed by atoms with Crippen LogP contribution in [0.2, 0.25) is 5.15 Å². The van der Waals surface area contributed by atoms with Crippen molar-refractivity contribution in [3.8, 4) is 11.6 Å². The molecule has 2 amide bonds. The van der Waals surface area contributed by atoms with E-state index in [0.717, 1.165) is 11.6 Å². The number of anilines is 3. The summed E-state index contributed by atoms with van der Waals surface area (Å²) < 4.78 is 70.8. The number of nitrogens with one attached hydrogen (secondary N) is 1. The van der Waals surface area contributed by atoms with Crippen LogP contribution in [0.25, 0.3) is 0 Å². The van der Waals surface area contributed by atoms with E-state index in [1.165, 1.54) is 34.3 Å². The van der Waals surface area contributed by atoms with Crippen molar-refractivity contribution >= 4 is 44.5 Å². The Labute approximate surface area is 221 Å². The Morgan fingerprint density at radius 1 is 1.00 bits per heavy atom. The largest absolute Gasteiger partial charge is 0.439 e. The minimum atomic E-state index is -4.70. The molecule has 0 radical (unpaired) electrons. The molecule has 1 saturated heterocycles. The van der Waals surface area contributed by atoms with Crippen LogP contribution in [0.1, 0.15) is 11.1 Å². The molecule has 14 heteroatoms. The first-order chi connectivity index (χ1) is 18.0. The molecule has 0 spiro atoms. The van der Waals surface area contributed by atoms with Crippen molar-refractivity contribution in [3.05, 3.63) is 65.1 Å². The number of rotatable bonds is 4. The summed E-state index contributed by atoms with van der Waals surface area (Å²) >= 11 is 5.85. The molecule has 0 unspecified atom stereocenters. The summed E-state index contributed by atoms with van der Waals surface area (Å²) in [6.07, 6.45) is -2.91. The number of hydrogen-bond acceptors (Lipinski definition) is 7. The number of ether oxygens (including phenoxy) is 1. The minimum absolute atomic E-state index is 0.0234. The second-order valence-corrected chi connectivity index (χ2v) is 11.5. The molecule has 1 fully saturated rings. The zero-order chi connectivity index (χ0) is 27.1. The summed E-state index contributed by atoms with van der Waals surface area (Å²) in [7, 11) is -3.25. The van der Waals surface area contributed by atoms with Gasteiger partial charge in [-0.05, 0) is 48.4 Å². The van der Waals surface area contributed by atoms with Crippen molar-refractivity contribution in [1.82, 2.24) is 9.97 Å². The maximum Gasteiger partial charge on any atom is 0.418 e. The van der Waals surface area contributed by atoms with E-state index in [1.807, 2.05) is 0 Å². The lowest BCUT2D eigenvalue weighted by molar-refractivity contribution is -0.137. The van der Waals surface area contributed by atoms with Crippen molar-refractivity contribution in [3.63, 3.8) is 0 Å². The standard InChI is InChI=1S/C24H21ClF3N5O4S/c25-21-13-22(30-14-29-21)37-17-2-4-19-15(11-17)5-6-33(19)23(34)31-16-1-3-20(18(12-16)24(26,27)28)32-7-9-38(35,36)10-8-32/h1-4,11-14H,5-10H2,(H,31,34). The van der Waals surface area contributed by atoms with Gasteiger partial charge in [-0.2, -0.15) is 13.2 Å². The second-order valence-electron chi connectivity index (χ2n) is 8.77. The Hall–Kier alpha value is -3.58. The fraction of sp³-hybridized carbons (Fsp3) is 0.292. The quantitative estimate of drug-likeness (QED) is 0.453. The highest BCUT2D eigenvalue weighted by Crippen LogP contribution is 2.39. The number of hydrogen-bond donors (Lipinski definition) is 1. The van der Waals surface area contributed by atoms with E-state index in [1.54, 1.807) is 18.2 Å². The highest BCUT2D eigenvalue weighted by Gasteiger charge is 2.37. The highest BCUT2D eigenvalue weighted by atomic mass is 35.5. The van der Waals surface area contributed by atoms with Crippen LogP contribution in [0.5, 0.6) is 11.6 Å². The fourth-order valence-electron chi connectivity index (χ4n) is 4.41. The van der Waals surface area contributed by atoms with E-state index < -0.39 is 27.6 Å². The number of carbonyl (C=O) groups is 1. The van der Waals surface area contributed by atoms with Gasteiger partial charge in [-0.1, -0.05) is 11.6 Å². The van der Waals surface area contributed by atoms with Crippen molar-refractivity contribution in [2.75, 3.05) is 46.3 Å². The SMILES string of the molecule is O=C(Nc1ccc(N2CCS(=O)(=O)CC2)c(C(F)(F)F)c1)N1CCc2cc(Oc3cc(Cl)ncn3)ccc21. The third kappa shape index (κ3) is 5.63. The zero-order valence-corrected chi connectivity index (χ0v) is 21.3. The van der Waals surface area contributed by atoms with Crippen LogP contribution in [0.15, 0.2) is 48.8 Å². The van der Waals surface area contributed by atoms with Crippen LogP contribution in [-0.2, 0) is 22.4 Å². The summed E-state index contributed by atoms with van der Waals surface area (Å²) in [6, 6.07) is 9.49. The van der Waals surface area contributed by atoms with E-state index in [2.05, 4.69) is 15.3 Å². The zero-order valence-electron chi connectivity index (χ0n) is 19.7. The number of carbonyl (C=O) groups excluding carboxylic acids is 1. The molecule has 9 nitrogen and oxygen atoms in total. The fourth-order valence-corrected chi connectivity index (χ4v) is 5.75. The maximum absolute atomic E-state index is 13.9. The Kier molecular flexibility index (Phi) is 6.82. The molecular weight excluding hydrogens is 547 g/mol. The number of urea groups is 1. The third-order valence-corrected chi connectivity index (χ3v) is 8.08. The van der Waals surface area contributed by atoms with Crippen molar-refractivity contribution < 1.29 is 31.1 Å². The van der Waals surface area contributed by atoms with Crippen molar-refractivity contribution in [1.29, 1.82) is 0 Å². The van der Waals surface area contributed by atoms with Crippen LogP contribution >= 0.6 is 11.6 Å².